The highest BCUT2D eigenvalue weighted by Gasteiger charge is 2.16. The average molecular weight is 328 g/mol. The molecule has 0 radical (unpaired) electrons. The van der Waals surface area contributed by atoms with Crippen molar-refractivity contribution in [1.29, 1.82) is 0 Å². The number of nitrogen functional groups attached to an aromatic ring is 1. The second-order valence-corrected chi connectivity index (χ2v) is 6.42. The summed E-state index contributed by atoms with van der Waals surface area (Å²) in [4.78, 5) is 3.68. The zero-order valence-corrected chi connectivity index (χ0v) is 13.0. The maximum Gasteiger partial charge on any atom is 0.263 e. The molecule has 0 unspecified atom stereocenters. The molecule has 0 saturated carbocycles. The molecule has 0 fully saturated rings. The topological polar surface area (TPSA) is 94.3 Å². The quantitative estimate of drug-likeness (QED) is 0.899. The van der Waals surface area contributed by atoms with Crippen LogP contribution in [0.4, 0.5) is 11.5 Å². The van der Waals surface area contributed by atoms with Crippen molar-refractivity contribution >= 4 is 33.1 Å². The third-order valence-electron chi connectivity index (χ3n) is 2.80. The molecular formula is C13H14ClN3O3S. The number of methoxy groups -OCH3 is 1. The highest BCUT2D eigenvalue weighted by atomic mass is 35.5. The van der Waals surface area contributed by atoms with E-state index in [-0.39, 0.29) is 15.7 Å². The molecule has 0 aliphatic carbocycles. The minimum Gasteiger partial charge on any atom is -0.496 e. The van der Waals surface area contributed by atoms with Gasteiger partial charge in [0.25, 0.3) is 10.0 Å². The van der Waals surface area contributed by atoms with Gasteiger partial charge in [-0.15, -0.1) is 0 Å². The second kappa shape index (κ2) is 5.79. The Bertz CT molecular complexity index is 778. The fraction of sp³-hybridized carbons (Fsp3) is 0.154. The molecule has 2 aromatic rings. The smallest absolute Gasteiger partial charge is 0.263 e. The minimum absolute atomic E-state index is 0.0600. The number of halogens is 1. The molecule has 6 nitrogen and oxygen atoms in total. The van der Waals surface area contributed by atoms with Crippen LogP contribution in [0, 0.1) is 6.92 Å². The third-order valence-corrected chi connectivity index (χ3v) is 4.45. The predicted molar refractivity (Wildman–Crippen MR) is 82.2 cm³/mol. The van der Waals surface area contributed by atoms with E-state index in [0.717, 1.165) is 11.8 Å². The zero-order chi connectivity index (χ0) is 15.6. The summed E-state index contributed by atoms with van der Waals surface area (Å²) in [7, 11) is -2.23. The van der Waals surface area contributed by atoms with Crippen LogP contribution < -0.4 is 15.2 Å². The molecular weight excluding hydrogens is 314 g/mol. The van der Waals surface area contributed by atoms with Crippen LogP contribution in [-0.2, 0) is 10.0 Å². The van der Waals surface area contributed by atoms with Gasteiger partial charge in [0.2, 0.25) is 0 Å². The first-order valence-corrected chi connectivity index (χ1v) is 7.78. The van der Waals surface area contributed by atoms with E-state index < -0.39 is 10.0 Å². The summed E-state index contributed by atoms with van der Waals surface area (Å²) in [5, 5.41) is 0.0868. The highest BCUT2D eigenvalue weighted by Crippen LogP contribution is 2.25. The predicted octanol–water partition coefficient (Wildman–Crippen LogP) is 2.44. The second-order valence-electron chi connectivity index (χ2n) is 4.33. The number of aryl methyl sites for hydroxylation is 1. The number of sulfonamides is 1. The number of nitrogens with one attached hydrogen (secondary N) is 1. The number of ether oxygens (including phenoxy) is 1. The number of anilines is 2. The summed E-state index contributed by atoms with van der Waals surface area (Å²) in [6.07, 6.45) is 1.15. The van der Waals surface area contributed by atoms with Crippen molar-refractivity contribution < 1.29 is 13.2 Å². The molecule has 21 heavy (non-hydrogen) atoms. The van der Waals surface area contributed by atoms with Gasteiger partial charge in [0.15, 0.2) is 0 Å². The normalized spacial score (nSPS) is 11.2. The van der Waals surface area contributed by atoms with Gasteiger partial charge in [-0.3, -0.25) is 4.72 Å². The highest BCUT2D eigenvalue weighted by molar-refractivity contribution is 7.92. The van der Waals surface area contributed by atoms with Gasteiger partial charge in [-0.1, -0.05) is 11.6 Å². The molecule has 1 heterocycles. The van der Waals surface area contributed by atoms with E-state index in [0.29, 0.717) is 11.4 Å². The summed E-state index contributed by atoms with van der Waals surface area (Å²) >= 11 is 5.79. The lowest BCUT2D eigenvalue weighted by atomic mass is 10.2. The van der Waals surface area contributed by atoms with Crippen LogP contribution >= 0.6 is 11.6 Å². The van der Waals surface area contributed by atoms with Crippen LogP contribution in [0.25, 0.3) is 0 Å². The van der Waals surface area contributed by atoms with Gasteiger partial charge in [-0.05, 0) is 36.8 Å². The van der Waals surface area contributed by atoms with Gasteiger partial charge in [-0.2, -0.15) is 0 Å². The van der Waals surface area contributed by atoms with Gasteiger partial charge >= 0.3 is 0 Å². The molecule has 1 aromatic heterocycles. The Morgan fingerprint density at radius 3 is 2.62 bits per heavy atom. The van der Waals surface area contributed by atoms with Gasteiger partial charge in [0.05, 0.1) is 12.1 Å². The van der Waals surface area contributed by atoms with E-state index in [2.05, 4.69) is 9.71 Å². The third kappa shape index (κ3) is 3.37. The van der Waals surface area contributed by atoms with Crippen molar-refractivity contribution in [2.75, 3.05) is 17.6 Å². The Labute approximate surface area is 128 Å². The fourth-order valence-electron chi connectivity index (χ4n) is 1.73. The monoisotopic (exact) mass is 327 g/mol. The zero-order valence-electron chi connectivity index (χ0n) is 11.4. The molecule has 0 bridgehead atoms. The van der Waals surface area contributed by atoms with Crippen molar-refractivity contribution in [1.82, 2.24) is 4.98 Å². The number of pyridine rings is 1. The summed E-state index contributed by atoms with van der Waals surface area (Å²) < 4.78 is 32.1. The summed E-state index contributed by atoms with van der Waals surface area (Å²) in [6.45, 7) is 1.82. The minimum atomic E-state index is -3.78. The van der Waals surface area contributed by atoms with Crippen LogP contribution in [0.1, 0.15) is 5.56 Å². The van der Waals surface area contributed by atoms with Crippen molar-refractivity contribution in [3.8, 4) is 5.75 Å². The summed E-state index contributed by atoms with van der Waals surface area (Å²) in [5.41, 5.74) is 6.69. The maximum atomic E-state index is 12.2. The van der Waals surface area contributed by atoms with E-state index in [1.54, 1.807) is 25.3 Å². The van der Waals surface area contributed by atoms with Crippen LogP contribution in [0.15, 0.2) is 35.4 Å². The van der Waals surface area contributed by atoms with Crippen LogP contribution in [0.2, 0.25) is 5.02 Å². The maximum absolute atomic E-state index is 12.2. The van der Waals surface area contributed by atoms with E-state index in [1.165, 1.54) is 6.07 Å². The van der Waals surface area contributed by atoms with Crippen LogP contribution in [0.5, 0.6) is 5.75 Å². The average Bonchev–Trinajstić information content (AvgIpc) is 2.41. The lowest BCUT2D eigenvalue weighted by molar-refractivity contribution is 0.412. The van der Waals surface area contributed by atoms with E-state index in [9.17, 15) is 8.42 Å². The van der Waals surface area contributed by atoms with E-state index >= 15 is 0 Å². The molecule has 0 aliphatic heterocycles. The van der Waals surface area contributed by atoms with E-state index in [1.807, 2.05) is 6.92 Å². The van der Waals surface area contributed by atoms with Gasteiger partial charge in [0.1, 0.15) is 16.5 Å². The van der Waals surface area contributed by atoms with Gasteiger partial charge in [-0.25, -0.2) is 13.4 Å². The molecule has 0 aliphatic rings. The number of benzene rings is 1. The first-order chi connectivity index (χ1) is 9.83. The number of nitrogens with two attached hydrogens (primary N) is 1. The Morgan fingerprint density at radius 1 is 1.33 bits per heavy atom. The standard InChI is InChI=1S/C13H14ClN3O3S/c1-8-5-9(3-4-12(8)20-2)17-21(18,19)10-6-11(14)13(15)16-7-10/h3-7,17H,1-2H3,(H2,15,16). The molecule has 8 heteroatoms. The SMILES string of the molecule is COc1ccc(NS(=O)(=O)c2cnc(N)c(Cl)c2)cc1C. The molecule has 1 aromatic carbocycles. The molecule has 0 amide bonds. The van der Waals surface area contributed by atoms with Crippen molar-refractivity contribution in [3.63, 3.8) is 0 Å². The Hall–Kier alpha value is -1.99. The van der Waals surface area contributed by atoms with Crippen molar-refractivity contribution in [2.24, 2.45) is 0 Å². The van der Waals surface area contributed by atoms with Crippen LogP contribution in [-0.4, -0.2) is 20.5 Å². The number of hydrogen-bond acceptors (Lipinski definition) is 5. The van der Waals surface area contributed by atoms with Crippen LogP contribution in [0.3, 0.4) is 0 Å². The molecule has 2 rings (SSSR count). The van der Waals surface area contributed by atoms with Gasteiger partial charge in [0, 0.05) is 11.9 Å². The first kappa shape index (κ1) is 15.4. The number of rotatable bonds is 4. The Kier molecular flexibility index (Phi) is 4.24. The number of nitrogens with zero attached hydrogens (tertiary/aromatic N) is 1. The first-order valence-electron chi connectivity index (χ1n) is 5.92. The Morgan fingerprint density at radius 2 is 2.05 bits per heavy atom. The van der Waals surface area contributed by atoms with Gasteiger partial charge < -0.3 is 10.5 Å². The van der Waals surface area contributed by atoms with Crippen molar-refractivity contribution in [2.45, 2.75) is 11.8 Å². The molecule has 0 spiro atoms. The molecule has 0 atom stereocenters. The largest absolute Gasteiger partial charge is 0.496 e. The molecule has 112 valence electrons. The van der Waals surface area contributed by atoms with E-state index in [4.69, 9.17) is 22.1 Å². The number of aromatic nitrogens is 1. The molecule has 0 saturated heterocycles. The van der Waals surface area contributed by atoms with Crippen molar-refractivity contribution in [3.05, 3.63) is 41.0 Å². The lowest BCUT2D eigenvalue weighted by Gasteiger charge is -2.11. The Balaban J connectivity index is 2.32. The molecule has 3 N–H and O–H groups in total. The lowest BCUT2D eigenvalue weighted by Crippen LogP contribution is -2.13. The summed E-state index contributed by atoms with van der Waals surface area (Å²) in [6, 6.07) is 6.21. The fourth-order valence-corrected chi connectivity index (χ4v) is 2.98. The summed E-state index contributed by atoms with van der Waals surface area (Å²) in [5.74, 6) is 0.756. The number of hydrogen-bond donors (Lipinski definition) is 2.